The van der Waals surface area contributed by atoms with Crippen LogP contribution < -0.4 is 0 Å². The van der Waals surface area contributed by atoms with Crippen LogP contribution in [0.15, 0.2) is 18.2 Å². The van der Waals surface area contributed by atoms with E-state index in [1.54, 1.807) is 0 Å². The molecule has 0 aliphatic heterocycles. The highest BCUT2D eigenvalue weighted by Crippen LogP contribution is 2.22. The maximum Gasteiger partial charge on any atom is 0.129 e. The van der Waals surface area contributed by atoms with Crippen LogP contribution >= 0.6 is 11.6 Å². The standard InChI is InChI=1S/C10H11ClF2O2/c11-4-3-9(14)10(15)7-5-6(12)1-2-8(7)13/h1-2,5,9-10,14-15H,3-4H2. The zero-order chi connectivity index (χ0) is 11.4. The van der Waals surface area contributed by atoms with E-state index in [2.05, 4.69) is 0 Å². The molecule has 2 atom stereocenters. The van der Waals surface area contributed by atoms with E-state index < -0.39 is 23.8 Å². The zero-order valence-electron chi connectivity index (χ0n) is 7.83. The van der Waals surface area contributed by atoms with Crippen molar-refractivity contribution < 1.29 is 19.0 Å². The molecule has 1 aromatic rings. The zero-order valence-corrected chi connectivity index (χ0v) is 8.59. The molecule has 0 saturated heterocycles. The fraction of sp³-hybridized carbons (Fsp3) is 0.400. The van der Waals surface area contributed by atoms with Crippen molar-refractivity contribution in [1.29, 1.82) is 0 Å². The van der Waals surface area contributed by atoms with E-state index in [1.807, 2.05) is 0 Å². The first-order valence-electron chi connectivity index (χ1n) is 4.43. The van der Waals surface area contributed by atoms with Crippen LogP contribution in [0.25, 0.3) is 0 Å². The molecule has 2 N–H and O–H groups in total. The minimum absolute atomic E-state index is 0.110. The number of hydrogen-bond acceptors (Lipinski definition) is 2. The fourth-order valence-electron chi connectivity index (χ4n) is 1.22. The highest BCUT2D eigenvalue weighted by Gasteiger charge is 2.21. The average molecular weight is 237 g/mol. The third-order valence-electron chi connectivity index (χ3n) is 2.05. The summed E-state index contributed by atoms with van der Waals surface area (Å²) in [5.41, 5.74) is -0.257. The second kappa shape index (κ2) is 5.39. The van der Waals surface area contributed by atoms with Gasteiger partial charge in [0.15, 0.2) is 0 Å². The van der Waals surface area contributed by atoms with E-state index in [4.69, 9.17) is 11.6 Å². The number of benzene rings is 1. The highest BCUT2D eigenvalue weighted by molar-refractivity contribution is 6.17. The lowest BCUT2D eigenvalue weighted by Crippen LogP contribution is -2.19. The van der Waals surface area contributed by atoms with Crippen molar-refractivity contribution in [2.75, 3.05) is 5.88 Å². The first-order valence-corrected chi connectivity index (χ1v) is 4.96. The van der Waals surface area contributed by atoms with E-state index in [-0.39, 0.29) is 17.9 Å². The van der Waals surface area contributed by atoms with E-state index in [0.717, 1.165) is 18.2 Å². The van der Waals surface area contributed by atoms with Crippen LogP contribution in [-0.4, -0.2) is 22.2 Å². The fourth-order valence-corrected chi connectivity index (χ4v) is 1.44. The summed E-state index contributed by atoms with van der Waals surface area (Å²) in [6.07, 6.45) is -2.54. The molecule has 0 aliphatic rings. The van der Waals surface area contributed by atoms with Gasteiger partial charge in [0.2, 0.25) is 0 Å². The van der Waals surface area contributed by atoms with Crippen LogP contribution in [0.3, 0.4) is 0 Å². The molecule has 0 aliphatic carbocycles. The maximum atomic E-state index is 13.1. The number of halogens is 3. The van der Waals surface area contributed by atoms with Gasteiger partial charge in [-0.3, -0.25) is 0 Å². The Kier molecular flexibility index (Phi) is 4.45. The quantitative estimate of drug-likeness (QED) is 0.785. The third-order valence-corrected chi connectivity index (χ3v) is 2.26. The molecular weight excluding hydrogens is 226 g/mol. The molecule has 0 bridgehead atoms. The minimum atomic E-state index is -1.46. The van der Waals surface area contributed by atoms with E-state index in [9.17, 15) is 19.0 Å². The van der Waals surface area contributed by atoms with E-state index >= 15 is 0 Å². The Bertz CT molecular complexity index is 333. The van der Waals surface area contributed by atoms with Crippen LogP contribution in [0.2, 0.25) is 0 Å². The van der Waals surface area contributed by atoms with Gasteiger partial charge >= 0.3 is 0 Å². The predicted molar refractivity (Wildman–Crippen MR) is 52.7 cm³/mol. The van der Waals surface area contributed by atoms with Crippen molar-refractivity contribution in [3.05, 3.63) is 35.4 Å². The van der Waals surface area contributed by atoms with Gasteiger partial charge in [0.05, 0.1) is 6.10 Å². The van der Waals surface area contributed by atoms with Gasteiger partial charge in [-0.15, -0.1) is 11.6 Å². The van der Waals surface area contributed by atoms with E-state index in [0.29, 0.717) is 0 Å². The van der Waals surface area contributed by atoms with Crippen molar-refractivity contribution in [2.45, 2.75) is 18.6 Å². The predicted octanol–water partition coefficient (Wildman–Crippen LogP) is 1.99. The number of rotatable bonds is 4. The van der Waals surface area contributed by atoms with Crippen molar-refractivity contribution in [2.24, 2.45) is 0 Å². The third kappa shape index (κ3) is 3.12. The van der Waals surface area contributed by atoms with Crippen molar-refractivity contribution >= 4 is 11.6 Å². The van der Waals surface area contributed by atoms with Gasteiger partial charge in [0, 0.05) is 11.4 Å². The van der Waals surface area contributed by atoms with Gasteiger partial charge in [-0.25, -0.2) is 8.78 Å². The Morgan fingerprint density at radius 3 is 2.53 bits per heavy atom. The largest absolute Gasteiger partial charge is 0.390 e. The molecule has 0 spiro atoms. The van der Waals surface area contributed by atoms with E-state index in [1.165, 1.54) is 0 Å². The topological polar surface area (TPSA) is 40.5 Å². The second-order valence-corrected chi connectivity index (χ2v) is 3.53. The van der Waals surface area contributed by atoms with Crippen LogP contribution in [-0.2, 0) is 0 Å². The SMILES string of the molecule is OC(CCCl)C(O)c1cc(F)ccc1F. The lowest BCUT2D eigenvalue weighted by molar-refractivity contribution is 0.0147. The van der Waals surface area contributed by atoms with Gasteiger partial charge in [-0.1, -0.05) is 0 Å². The summed E-state index contributed by atoms with van der Waals surface area (Å²) in [4.78, 5) is 0. The number of aliphatic hydroxyl groups is 2. The average Bonchev–Trinajstić information content (AvgIpc) is 2.21. The summed E-state index contributed by atoms with van der Waals surface area (Å²) in [5.74, 6) is -1.28. The van der Waals surface area contributed by atoms with Gasteiger partial charge in [-0.2, -0.15) is 0 Å². The molecule has 0 aromatic heterocycles. The Morgan fingerprint density at radius 2 is 1.93 bits per heavy atom. The van der Waals surface area contributed by atoms with Crippen molar-refractivity contribution in [1.82, 2.24) is 0 Å². The molecule has 0 radical (unpaired) electrons. The molecule has 0 heterocycles. The summed E-state index contributed by atoms with van der Waals surface area (Å²) in [6, 6.07) is 2.71. The lowest BCUT2D eigenvalue weighted by Gasteiger charge is -2.17. The Labute approximate surface area is 91.1 Å². The molecule has 0 amide bonds. The number of hydrogen-bond donors (Lipinski definition) is 2. The normalized spacial score (nSPS) is 15.0. The maximum absolute atomic E-state index is 13.1. The summed E-state index contributed by atoms with van der Waals surface area (Å²) in [7, 11) is 0. The summed E-state index contributed by atoms with van der Waals surface area (Å²) in [5, 5.41) is 18.9. The molecule has 0 fully saturated rings. The van der Waals surface area contributed by atoms with Gasteiger partial charge < -0.3 is 10.2 Å². The molecular formula is C10H11ClF2O2. The van der Waals surface area contributed by atoms with Gasteiger partial charge in [-0.05, 0) is 24.6 Å². The molecule has 0 saturated carbocycles. The molecule has 1 aromatic carbocycles. The monoisotopic (exact) mass is 236 g/mol. The molecule has 84 valence electrons. The highest BCUT2D eigenvalue weighted by atomic mass is 35.5. The molecule has 1 rings (SSSR count). The smallest absolute Gasteiger partial charge is 0.129 e. The summed E-state index contributed by atoms with van der Waals surface area (Å²) in [6.45, 7) is 0. The number of aliphatic hydroxyl groups excluding tert-OH is 2. The van der Waals surface area contributed by atoms with Gasteiger partial charge in [0.25, 0.3) is 0 Å². The summed E-state index contributed by atoms with van der Waals surface area (Å²) >= 11 is 5.36. The molecule has 15 heavy (non-hydrogen) atoms. The minimum Gasteiger partial charge on any atom is -0.390 e. The van der Waals surface area contributed by atoms with Crippen LogP contribution in [0.4, 0.5) is 8.78 Å². The van der Waals surface area contributed by atoms with Crippen LogP contribution in [0.1, 0.15) is 18.1 Å². The summed E-state index contributed by atoms with van der Waals surface area (Å²) < 4.78 is 25.9. The van der Waals surface area contributed by atoms with Gasteiger partial charge in [0.1, 0.15) is 17.7 Å². The molecule has 2 nitrogen and oxygen atoms in total. The Balaban J connectivity index is 2.89. The van der Waals surface area contributed by atoms with Crippen molar-refractivity contribution in [3.63, 3.8) is 0 Å². The Morgan fingerprint density at radius 1 is 1.27 bits per heavy atom. The number of alkyl halides is 1. The second-order valence-electron chi connectivity index (χ2n) is 3.16. The first-order chi connectivity index (χ1) is 7.06. The molecule has 5 heteroatoms. The van der Waals surface area contributed by atoms with Crippen molar-refractivity contribution in [3.8, 4) is 0 Å². The first kappa shape index (κ1) is 12.4. The van der Waals surface area contributed by atoms with Crippen LogP contribution in [0, 0.1) is 11.6 Å². The molecule has 2 unspecified atom stereocenters. The Hall–Kier alpha value is -0.710. The lowest BCUT2D eigenvalue weighted by atomic mass is 10.0. The van der Waals surface area contributed by atoms with Crippen LogP contribution in [0.5, 0.6) is 0 Å².